The van der Waals surface area contributed by atoms with Gasteiger partial charge in [-0.15, -0.1) is 37.2 Å². The van der Waals surface area contributed by atoms with Crippen LogP contribution in [0, 0.1) is 0 Å². The van der Waals surface area contributed by atoms with Gasteiger partial charge in [-0.25, -0.2) is 0 Å². The van der Waals surface area contributed by atoms with Crippen molar-refractivity contribution in [3.05, 3.63) is 58.8 Å². The first kappa shape index (κ1) is 48.0. The number of carbonyl (C=O) groups is 1. The number of ketones is 1. The van der Waals surface area contributed by atoms with Crippen LogP contribution in [-0.2, 0) is 6.42 Å². The second-order valence-corrected chi connectivity index (χ2v) is 13.3. The number of anilines is 1. The van der Waals surface area contributed by atoms with Gasteiger partial charge in [0, 0.05) is 40.3 Å². The zero-order valence-electron chi connectivity index (χ0n) is 32.0. The zero-order valence-corrected chi connectivity index (χ0v) is 34.4. The molecule has 0 aliphatic rings. The quantitative estimate of drug-likeness (QED) is 0.0512. The maximum absolute atomic E-state index is 14.2. The molecule has 0 saturated heterocycles. The Balaban J connectivity index is 0.00000800. The van der Waals surface area contributed by atoms with Crippen LogP contribution in [0.3, 0.4) is 0 Å². The number of benzene rings is 2. The van der Waals surface area contributed by atoms with Crippen molar-refractivity contribution in [3.8, 4) is 5.75 Å². The Kier molecular flexibility index (Phi) is 25.7. The first-order valence-electron chi connectivity index (χ1n) is 19.1. The molecule has 3 aromatic rings. The molecule has 9 heteroatoms. The van der Waals surface area contributed by atoms with Crippen LogP contribution in [0.25, 0.3) is 10.9 Å². The highest BCUT2D eigenvalue weighted by molar-refractivity contribution is 6.12. The summed E-state index contributed by atoms with van der Waals surface area (Å²) < 4.78 is 6.11. The van der Waals surface area contributed by atoms with Gasteiger partial charge >= 0.3 is 0 Å². The van der Waals surface area contributed by atoms with Gasteiger partial charge in [-0.05, 0) is 120 Å². The lowest BCUT2D eigenvalue weighted by molar-refractivity contribution is 0.103. The molecule has 1 unspecified atom stereocenters. The Bertz CT molecular complexity index is 1320. The molecule has 0 saturated carbocycles. The molecule has 50 heavy (non-hydrogen) atoms. The monoisotopic (exact) mass is 754 g/mol. The molecule has 3 rings (SSSR count). The molecule has 6 nitrogen and oxygen atoms in total. The highest BCUT2D eigenvalue weighted by atomic mass is 35.5. The van der Waals surface area contributed by atoms with Crippen molar-refractivity contribution < 1.29 is 9.53 Å². The topological polar surface area (TPSA) is 74.6 Å². The highest BCUT2D eigenvalue weighted by Gasteiger charge is 2.27. The molecule has 0 bridgehead atoms. The van der Waals surface area contributed by atoms with E-state index in [1.165, 1.54) is 75.4 Å². The van der Waals surface area contributed by atoms with E-state index in [2.05, 4.69) is 62.4 Å². The lowest BCUT2D eigenvalue weighted by Gasteiger charge is -2.33. The van der Waals surface area contributed by atoms with Gasteiger partial charge < -0.3 is 20.4 Å². The van der Waals surface area contributed by atoms with Gasteiger partial charge in [0.1, 0.15) is 5.75 Å². The summed E-state index contributed by atoms with van der Waals surface area (Å²) >= 11 is 0. The zero-order chi connectivity index (χ0) is 34.0. The number of aromatic nitrogens is 1. The lowest BCUT2D eigenvalue weighted by atomic mass is 9.91. The van der Waals surface area contributed by atoms with Crippen molar-refractivity contribution in [2.75, 3.05) is 45.1 Å². The van der Waals surface area contributed by atoms with Crippen LogP contribution in [0.2, 0.25) is 0 Å². The van der Waals surface area contributed by atoms with Gasteiger partial charge in [-0.1, -0.05) is 73.6 Å². The number of halogens is 3. The average molecular weight is 756 g/mol. The van der Waals surface area contributed by atoms with Crippen LogP contribution < -0.4 is 10.5 Å². The Morgan fingerprint density at radius 1 is 0.720 bits per heavy atom. The molecule has 0 aliphatic carbocycles. The smallest absolute Gasteiger partial charge is 0.209 e. The molecule has 0 spiro atoms. The fourth-order valence-electron chi connectivity index (χ4n) is 6.77. The highest BCUT2D eigenvalue weighted by Crippen LogP contribution is 2.39. The number of nitrogens with one attached hydrogen (secondary N) is 1. The summed E-state index contributed by atoms with van der Waals surface area (Å²) in [5, 5.41) is 1.17. The van der Waals surface area contributed by atoms with E-state index < -0.39 is 0 Å². The van der Waals surface area contributed by atoms with Gasteiger partial charge in [0.25, 0.3) is 0 Å². The maximum atomic E-state index is 14.2. The molecule has 2 aromatic carbocycles. The predicted octanol–water partition coefficient (Wildman–Crippen LogP) is 11.6. The van der Waals surface area contributed by atoms with Crippen molar-refractivity contribution in [1.82, 2.24) is 14.8 Å². The minimum absolute atomic E-state index is 0. The summed E-state index contributed by atoms with van der Waals surface area (Å²) in [6.07, 6.45) is 14.6. The minimum Gasteiger partial charge on any atom is -0.494 e. The van der Waals surface area contributed by atoms with Gasteiger partial charge in [0.2, 0.25) is 5.78 Å². The molecule has 0 fully saturated rings. The van der Waals surface area contributed by atoms with Crippen molar-refractivity contribution in [2.24, 2.45) is 0 Å². The van der Waals surface area contributed by atoms with Gasteiger partial charge in [0.05, 0.1) is 12.3 Å². The van der Waals surface area contributed by atoms with E-state index in [1.807, 2.05) is 30.3 Å². The Hall–Kier alpha value is -1.96. The Morgan fingerprint density at radius 3 is 1.80 bits per heavy atom. The number of rotatable bonds is 25. The first-order valence-corrected chi connectivity index (χ1v) is 19.1. The molecule has 286 valence electrons. The molecule has 3 N–H and O–H groups in total. The number of ether oxygens (including phenoxy) is 1. The second-order valence-electron chi connectivity index (χ2n) is 13.3. The van der Waals surface area contributed by atoms with Crippen molar-refractivity contribution >= 4 is 59.6 Å². The molecule has 0 aliphatic heterocycles. The van der Waals surface area contributed by atoms with E-state index in [4.69, 9.17) is 10.5 Å². The fourth-order valence-corrected chi connectivity index (χ4v) is 6.77. The van der Waals surface area contributed by atoms with Crippen LogP contribution in [-0.4, -0.2) is 59.9 Å². The summed E-state index contributed by atoms with van der Waals surface area (Å²) in [7, 11) is 0. The van der Waals surface area contributed by atoms with E-state index in [0.29, 0.717) is 17.9 Å². The molecule has 1 atom stereocenters. The van der Waals surface area contributed by atoms with Gasteiger partial charge in [0.15, 0.2) is 0 Å². The molecular weight excluding hydrogens is 687 g/mol. The summed E-state index contributed by atoms with van der Waals surface area (Å²) in [6.45, 7) is 19.7. The van der Waals surface area contributed by atoms with Crippen LogP contribution in [0.15, 0.2) is 36.4 Å². The van der Waals surface area contributed by atoms with Gasteiger partial charge in [-0.2, -0.15) is 0 Å². The molecule has 0 amide bonds. The first-order chi connectivity index (χ1) is 22.9. The number of aryl methyl sites for hydroxylation is 1. The number of unbranched alkanes of at least 4 members (excludes halogenated alkanes) is 5. The largest absolute Gasteiger partial charge is 0.494 e. The van der Waals surface area contributed by atoms with E-state index in [1.54, 1.807) is 0 Å². The van der Waals surface area contributed by atoms with E-state index in [9.17, 15) is 4.79 Å². The summed E-state index contributed by atoms with van der Waals surface area (Å²) in [4.78, 5) is 22.9. The third-order valence-corrected chi connectivity index (χ3v) is 9.57. The lowest BCUT2D eigenvalue weighted by Crippen LogP contribution is -2.31. The number of nitrogen functional groups attached to an aromatic ring is 1. The maximum Gasteiger partial charge on any atom is 0.209 e. The number of nitrogens with two attached hydrogens (primary N) is 1. The van der Waals surface area contributed by atoms with E-state index >= 15 is 0 Å². The number of aromatic amines is 1. The van der Waals surface area contributed by atoms with Crippen molar-refractivity contribution in [2.45, 2.75) is 131 Å². The third kappa shape index (κ3) is 13.9. The number of nitrogens with zero attached hydrogens (tertiary/aromatic N) is 2. The van der Waals surface area contributed by atoms with Crippen molar-refractivity contribution in [3.63, 3.8) is 0 Å². The summed E-state index contributed by atoms with van der Waals surface area (Å²) in [6, 6.07) is 12.1. The van der Waals surface area contributed by atoms with Crippen LogP contribution in [0.1, 0.15) is 152 Å². The summed E-state index contributed by atoms with van der Waals surface area (Å²) in [5.74, 6) is 0.853. The van der Waals surface area contributed by atoms with Gasteiger partial charge in [-0.3, -0.25) is 9.69 Å². The second kappa shape index (κ2) is 26.8. The predicted molar refractivity (Wildman–Crippen MR) is 224 cm³/mol. The number of hydrogen-bond donors (Lipinski definition) is 2. The van der Waals surface area contributed by atoms with Crippen LogP contribution in [0.4, 0.5) is 5.69 Å². The molecule has 0 radical (unpaired) electrons. The average Bonchev–Trinajstić information content (AvgIpc) is 3.46. The Labute approximate surface area is 323 Å². The number of carbonyl (C=O) groups excluding carboxylic acids is 1. The normalized spacial score (nSPS) is 11.7. The van der Waals surface area contributed by atoms with Crippen LogP contribution in [0.5, 0.6) is 5.75 Å². The van der Waals surface area contributed by atoms with E-state index in [0.717, 1.165) is 74.3 Å². The number of hydrogen-bond acceptors (Lipinski definition) is 5. The molecule has 1 aromatic heterocycles. The summed E-state index contributed by atoms with van der Waals surface area (Å²) in [5.41, 5.74) is 12.4. The Morgan fingerprint density at radius 2 is 1.26 bits per heavy atom. The molecule has 1 heterocycles. The fraction of sp³-hybridized carbons (Fsp3) is 0.634. The van der Waals surface area contributed by atoms with Crippen molar-refractivity contribution in [1.29, 1.82) is 0 Å². The molecular formula is C41H69Cl3N4O2. The standard InChI is InChI=1S/C41H66N4O2.3ClH/c1-7-13-19-34-38-36(25-24-35(42)39(38)37(12-6)45(29-16-10-4)30-17-11-5)43-40(34)41(46)32-20-22-33(23-21-32)47-31-18-28-44(26-14-8-2)27-15-9-3;;;/h20-25,37,43H,7-19,26-31,42H2,1-6H3;3*1H. The number of H-pyrrole nitrogens is 1. The third-order valence-electron chi connectivity index (χ3n) is 9.57. The SMILES string of the molecule is CCCCc1c(C(=O)c2ccc(OCCCN(CCCC)CCCC)cc2)[nH]c2ccc(N)c(C(CC)N(CCCC)CCCC)c12.Cl.Cl.Cl. The number of fused-ring (bicyclic) bond motifs is 1. The van der Waals surface area contributed by atoms with Crippen LogP contribution >= 0.6 is 37.2 Å². The minimum atomic E-state index is 0. The van der Waals surface area contributed by atoms with E-state index in [-0.39, 0.29) is 49.0 Å².